The predicted molar refractivity (Wildman–Crippen MR) is 82.8 cm³/mol. The first-order valence-corrected chi connectivity index (χ1v) is 5.39. The van der Waals surface area contributed by atoms with Crippen LogP contribution in [0.2, 0.25) is 0 Å². The SMILES string of the molecule is CC(C)C(O)CN=C(N)Nc1ccccc1.I. The molecule has 4 nitrogen and oxygen atoms in total. The smallest absolute Gasteiger partial charge is 0.193 e. The average molecular weight is 349 g/mol. The van der Waals surface area contributed by atoms with E-state index >= 15 is 0 Å². The number of nitrogens with zero attached hydrogens (tertiary/aromatic N) is 1. The van der Waals surface area contributed by atoms with Crippen molar-refractivity contribution in [3.8, 4) is 0 Å². The molecular formula is C12H20IN3O. The molecule has 1 aromatic rings. The van der Waals surface area contributed by atoms with E-state index in [1.165, 1.54) is 0 Å². The number of aliphatic imine (C=N–C) groups is 1. The van der Waals surface area contributed by atoms with E-state index in [1.54, 1.807) is 0 Å². The third kappa shape index (κ3) is 6.48. The molecule has 0 spiro atoms. The van der Waals surface area contributed by atoms with Crippen LogP contribution in [0.25, 0.3) is 0 Å². The van der Waals surface area contributed by atoms with Gasteiger partial charge in [0.05, 0.1) is 12.6 Å². The molecule has 1 rings (SSSR count). The molecule has 5 heteroatoms. The lowest BCUT2D eigenvalue weighted by Crippen LogP contribution is -2.26. The van der Waals surface area contributed by atoms with Crippen molar-refractivity contribution >= 4 is 35.6 Å². The molecule has 0 heterocycles. The molecular weight excluding hydrogens is 329 g/mol. The second-order valence-corrected chi connectivity index (χ2v) is 4.03. The molecule has 96 valence electrons. The summed E-state index contributed by atoms with van der Waals surface area (Å²) in [4.78, 5) is 4.07. The van der Waals surface area contributed by atoms with Crippen molar-refractivity contribution in [1.29, 1.82) is 0 Å². The molecule has 0 aliphatic heterocycles. The number of hydrogen-bond donors (Lipinski definition) is 3. The Balaban J connectivity index is 0.00000256. The molecule has 4 N–H and O–H groups in total. The Morgan fingerprint density at radius 1 is 1.35 bits per heavy atom. The van der Waals surface area contributed by atoms with Crippen LogP contribution in [0.3, 0.4) is 0 Å². The van der Waals surface area contributed by atoms with Crippen LogP contribution in [0.1, 0.15) is 13.8 Å². The van der Waals surface area contributed by atoms with Gasteiger partial charge in [-0.05, 0) is 18.1 Å². The zero-order valence-electron chi connectivity index (χ0n) is 10.1. The van der Waals surface area contributed by atoms with E-state index in [9.17, 15) is 5.11 Å². The fraction of sp³-hybridized carbons (Fsp3) is 0.417. The number of guanidine groups is 1. The van der Waals surface area contributed by atoms with Gasteiger partial charge in [0.15, 0.2) is 5.96 Å². The summed E-state index contributed by atoms with van der Waals surface area (Å²) in [6.07, 6.45) is -0.448. The number of halogens is 1. The van der Waals surface area contributed by atoms with E-state index in [0.29, 0.717) is 12.5 Å². The highest BCUT2D eigenvalue weighted by Gasteiger charge is 2.07. The minimum atomic E-state index is -0.448. The molecule has 1 unspecified atom stereocenters. The molecule has 0 aliphatic carbocycles. The second kappa shape index (κ2) is 8.30. The Bertz CT molecular complexity index is 341. The quantitative estimate of drug-likeness (QED) is 0.443. The van der Waals surface area contributed by atoms with E-state index in [0.717, 1.165) is 5.69 Å². The van der Waals surface area contributed by atoms with E-state index in [2.05, 4.69) is 10.3 Å². The molecule has 0 fully saturated rings. The van der Waals surface area contributed by atoms with Gasteiger partial charge in [-0.1, -0.05) is 32.0 Å². The highest BCUT2D eigenvalue weighted by atomic mass is 127. The van der Waals surface area contributed by atoms with Crippen LogP contribution in [0.5, 0.6) is 0 Å². The molecule has 0 aliphatic rings. The van der Waals surface area contributed by atoms with Crippen molar-refractivity contribution in [2.45, 2.75) is 20.0 Å². The summed E-state index contributed by atoms with van der Waals surface area (Å²) in [5, 5.41) is 12.5. The average Bonchev–Trinajstić information content (AvgIpc) is 2.27. The number of benzene rings is 1. The van der Waals surface area contributed by atoms with Gasteiger partial charge >= 0.3 is 0 Å². The Labute approximate surface area is 119 Å². The van der Waals surface area contributed by atoms with Gasteiger partial charge in [-0.15, -0.1) is 24.0 Å². The van der Waals surface area contributed by atoms with Crippen LogP contribution < -0.4 is 11.1 Å². The molecule has 17 heavy (non-hydrogen) atoms. The molecule has 0 saturated carbocycles. The fourth-order valence-electron chi connectivity index (χ4n) is 1.11. The molecule has 0 bridgehead atoms. The van der Waals surface area contributed by atoms with Crippen LogP contribution in [0.4, 0.5) is 5.69 Å². The van der Waals surface area contributed by atoms with Gasteiger partial charge in [0.25, 0.3) is 0 Å². The molecule has 0 saturated heterocycles. The Kier molecular flexibility index (Phi) is 7.90. The summed E-state index contributed by atoms with van der Waals surface area (Å²) in [5.41, 5.74) is 6.57. The van der Waals surface area contributed by atoms with Crippen LogP contribution in [-0.2, 0) is 0 Å². The molecule has 0 radical (unpaired) electrons. The Morgan fingerprint density at radius 3 is 2.47 bits per heavy atom. The van der Waals surface area contributed by atoms with Crippen molar-refractivity contribution < 1.29 is 5.11 Å². The lowest BCUT2D eigenvalue weighted by Gasteiger charge is -2.12. The number of hydrogen-bond acceptors (Lipinski definition) is 2. The second-order valence-electron chi connectivity index (χ2n) is 4.03. The summed E-state index contributed by atoms with van der Waals surface area (Å²) in [7, 11) is 0. The number of rotatable bonds is 4. The molecule has 1 atom stereocenters. The monoisotopic (exact) mass is 349 g/mol. The van der Waals surface area contributed by atoms with Crippen molar-refractivity contribution in [3.63, 3.8) is 0 Å². The van der Waals surface area contributed by atoms with E-state index in [-0.39, 0.29) is 29.9 Å². The summed E-state index contributed by atoms with van der Waals surface area (Å²) in [6.45, 7) is 4.21. The summed E-state index contributed by atoms with van der Waals surface area (Å²) in [5.74, 6) is 0.513. The molecule has 0 aromatic heterocycles. The minimum absolute atomic E-state index is 0. The van der Waals surface area contributed by atoms with Gasteiger partial charge in [-0.3, -0.25) is 4.99 Å². The maximum absolute atomic E-state index is 9.55. The van der Waals surface area contributed by atoms with Crippen LogP contribution in [0.15, 0.2) is 35.3 Å². The normalized spacial score (nSPS) is 13.1. The first-order chi connectivity index (χ1) is 7.59. The first kappa shape index (κ1) is 16.2. The van der Waals surface area contributed by atoms with E-state index < -0.39 is 6.10 Å². The zero-order chi connectivity index (χ0) is 12.0. The largest absolute Gasteiger partial charge is 0.391 e. The van der Waals surface area contributed by atoms with E-state index in [4.69, 9.17) is 5.73 Å². The summed E-state index contributed by atoms with van der Waals surface area (Å²) >= 11 is 0. The number of aliphatic hydroxyl groups is 1. The first-order valence-electron chi connectivity index (χ1n) is 5.39. The van der Waals surface area contributed by atoms with Crippen molar-refractivity contribution in [1.82, 2.24) is 0 Å². The molecule has 1 aromatic carbocycles. The molecule has 0 amide bonds. The maximum Gasteiger partial charge on any atom is 0.193 e. The third-order valence-electron chi connectivity index (χ3n) is 2.26. The zero-order valence-corrected chi connectivity index (χ0v) is 12.5. The van der Waals surface area contributed by atoms with Gasteiger partial charge in [-0.2, -0.15) is 0 Å². The Hall–Kier alpha value is -0.820. The summed E-state index contributed by atoms with van der Waals surface area (Å²) in [6, 6.07) is 9.57. The number of para-hydroxylation sites is 1. The van der Waals surface area contributed by atoms with Gasteiger partial charge < -0.3 is 16.2 Å². The lowest BCUT2D eigenvalue weighted by atomic mass is 10.1. The van der Waals surface area contributed by atoms with Crippen LogP contribution in [-0.4, -0.2) is 23.7 Å². The predicted octanol–water partition coefficient (Wildman–Crippen LogP) is 2.05. The highest BCUT2D eigenvalue weighted by Crippen LogP contribution is 2.04. The highest BCUT2D eigenvalue weighted by molar-refractivity contribution is 14.0. The fourth-order valence-corrected chi connectivity index (χ4v) is 1.11. The van der Waals surface area contributed by atoms with Crippen molar-refractivity contribution in [2.24, 2.45) is 16.6 Å². The topological polar surface area (TPSA) is 70.6 Å². The minimum Gasteiger partial charge on any atom is -0.391 e. The van der Waals surface area contributed by atoms with E-state index in [1.807, 2.05) is 44.2 Å². The number of aliphatic hydroxyl groups excluding tert-OH is 1. The standard InChI is InChI=1S/C12H19N3O.HI/c1-9(2)11(16)8-14-12(13)15-10-6-4-3-5-7-10;/h3-7,9,11,16H,8H2,1-2H3,(H3,13,14,15);1H. The van der Waals surface area contributed by atoms with Gasteiger partial charge in [0, 0.05) is 5.69 Å². The summed E-state index contributed by atoms with van der Waals surface area (Å²) < 4.78 is 0. The van der Waals surface area contributed by atoms with Crippen molar-refractivity contribution in [2.75, 3.05) is 11.9 Å². The Morgan fingerprint density at radius 2 is 1.94 bits per heavy atom. The maximum atomic E-state index is 9.55. The number of anilines is 1. The van der Waals surface area contributed by atoms with Gasteiger partial charge in [-0.25, -0.2) is 0 Å². The van der Waals surface area contributed by atoms with Crippen molar-refractivity contribution in [3.05, 3.63) is 30.3 Å². The van der Waals surface area contributed by atoms with Gasteiger partial charge in [0.2, 0.25) is 0 Å². The van der Waals surface area contributed by atoms with Gasteiger partial charge in [0.1, 0.15) is 0 Å². The number of nitrogens with two attached hydrogens (primary N) is 1. The van der Waals surface area contributed by atoms with Crippen LogP contribution in [0, 0.1) is 5.92 Å². The lowest BCUT2D eigenvalue weighted by molar-refractivity contribution is 0.134. The van der Waals surface area contributed by atoms with Crippen LogP contribution >= 0.6 is 24.0 Å². The third-order valence-corrected chi connectivity index (χ3v) is 2.26. The number of nitrogens with one attached hydrogen (secondary N) is 1.